The monoisotopic (exact) mass is 312 g/mol. The average molecular weight is 313 g/mol. The molecule has 0 aliphatic rings. The molecule has 0 amide bonds. The van der Waals surface area contributed by atoms with E-state index in [1.807, 2.05) is 38.2 Å². The maximum absolute atomic E-state index is 5.95. The number of benzene rings is 1. The first-order chi connectivity index (χ1) is 8.53. The number of hydrogen-bond donors (Lipinski definition) is 3. The van der Waals surface area contributed by atoms with Crippen molar-refractivity contribution in [2.45, 2.75) is 0 Å². The van der Waals surface area contributed by atoms with E-state index in [0.717, 1.165) is 33.5 Å². The standard InChI is InChI=1S/C13H21BrN4/c1-17-13(10(7-14)8-15)9-4-11(16)6-12(5-9)18(2)3/h4-6,17H,7-8,15-16H2,1-3H3/b13-10-. The summed E-state index contributed by atoms with van der Waals surface area (Å²) >= 11 is 3.46. The highest BCUT2D eigenvalue weighted by Gasteiger charge is 2.09. The van der Waals surface area contributed by atoms with Crippen LogP contribution in [0.25, 0.3) is 5.70 Å². The average Bonchev–Trinajstić information content (AvgIpc) is 2.34. The Morgan fingerprint density at radius 2 is 2.00 bits per heavy atom. The maximum Gasteiger partial charge on any atom is 0.0426 e. The molecule has 0 aromatic heterocycles. The van der Waals surface area contributed by atoms with Gasteiger partial charge in [-0.05, 0) is 23.8 Å². The van der Waals surface area contributed by atoms with Gasteiger partial charge in [0.05, 0.1) is 0 Å². The Hall–Kier alpha value is -1.20. The summed E-state index contributed by atoms with van der Waals surface area (Å²) in [4.78, 5) is 2.03. The fourth-order valence-corrected chi connectivity index (χ4v) is 2.30. The predicted molar refractivity (Wildman–Crippen MR) is 84.0 cm³/mol. The second-order valence-electron chi connectivity index (χ2n) is 4.27. The lowest BCUT2D eigenvalue weighted by Crippen LogP contribution is -2.16. The highest BCUT2D eigenvalue weighted by atomic mass is 79.9. The summed E-state index contributed by atoms with van der Waals surface area (Å²) < 4.78 is 0. The van der Waals surface area contributed by atoms with Gasteiger partial charge in [-0.2, -0.15) is 0 Å². The SMILES string of the molecule is CN/C(=C(\CN)CBr)c1cc(N)cc(N(C)C)c1. The first-order valence-corrected chi connectivity index (χ1v) is 6.89. The number of nitrogens with two attached hydrogens (primary N) is 2. The largest absolute Gasteiger partial charge is 0.399 e. The van der Waals surface area contributed by atoms with Gasteiger partial charge in [0.1, 0.15) is 0 Å². The minimum Gasteiger partial charge on any atom is -0.399 e. The third kappa shape index (κ3) is 3.40. The van der Waals surface area contributed by atoms with E-state index in [2.05, 4.69) is 27.3 Å². The Morgan fingerprint density at radius 1 is 1.33 bits per heavy atom. The number of halogens is 1. The summed E-state index contributed by atoms with van der Waals surface area (Å²) in [6.07, 6.45) is 0. The molecule has 5 heteroatoms. The second-order valence-corrected chi connectivity index (χ2v) is 4.83. The number of anilines is 2. The number of nitrogen functional groups attached to an aromatic ring is 1. The van der Waals surface area contributed by atoms with Crippen LogP contribution in [0.1, 0.15) is 5.56 Å². The molecule has 0 radical (unpaired) electrons. The minimum absolute atomic E-state index is 0.507. The van der Waals surface area contributed by atoms with Crippen LogP contribution in [0.4, 0.5) is 11.4 Å². The summed E-state index contributed by atoms with van der Waals surface area (Å²) in [6.45, 7) is 0.507. The van der Waals surface area contributed by atoms with Gasteiger partial charge >= 0.3 is 0 Å². The third-order valence-corrected chi connectivity index (χ3v) is 3.43. The van der Waals surface area contributed by atoms with Crippen molar-refractivity contribution in [3.8, 4) is 0 Å². The molecule has 4 nitrogen and oxygen atoms in total. The lowest BCUT2D eigenvalue weighted by atomic mass is 10.1. The number of nitrogens with one attached hydrogen (secondary N) is 1. The molecular weight excluding hydrogens is 292 g/mol. The zero-order chi connectivity index (χ0) is 13.7. The van der Waals surface area contributed by atoms with Gasteiger partial charge in [0.2, 0.25) is 0 Å². The molecule has 1 aromatic rings. The zero-order valence-corrected chi connectivity index (χ0v) is 12.7. The predicted octanol–water partition coefficient (Wildman–Crippen LogP) is 1.62. The van der Waals surface area contributed by atoms with Gasteiger partial charge in [0.15, 0.2) is 0 Å². The quantitative estimate of drug-likeness (QED) is 0.571. The molecule has 0 atom stereocenters. The summed E-state index contributed by atoms with van der Waals surface area (Å²) in [7, 11) is 5.89. The molecule has 0 saturated heterocycles. The van der Waals surface area contributed by atoms with Crippen molar-refractivity contribution in [3.63, 3.8) is 0 Å². The molecular formula is C13H21BrN4. The molecule has 0 fully saturated rings. The van der Waals surface area contributed by atoms with E-state index in [0.29, 0.717) is 6.54 Å². The van der Waals surface area contributed by atoms with E-state index in [4.69, 9.17) is 11.5 Å². The Bertz CT molecular complexity index is 435. The summed E-state index contributed by atoms with van der Waals surface area (Å²) in [5.74, 6) is 0. The van der Waals surface area contributed by atoms with Crippen LogP contribution < -0.4 is 21.7 Å². The fraction of sp³-hybridized carbons (Fsp3) is 0.385. The highest BCUT2D eigenvalue weighted by molar-refractivity contribution is 9.09. The van der Waals surface area contributed by atoms with E-state index in [1.54, 1.807) is 0 Å². The van der Waals surface area contributed by atoms with Crippen LogP contribution in [0, 0.1) is 0 Å². The van der Waals surface area contributed by atoms with Gasteiger partial charge < -0.3 is 21.7 Å². The van der Waals surface area contributed by atoms with Crippen LogP contribution >= 0.6 is 15.9 Å². The Labute approximate surface area is 117 Å². The van der Waals surface area contributed by atoms with Gasteiger partial charge in [0.25, 0.3) is 0 Å². The second kappa shape index (κ2) is 6.66. The van der Waals surface area contributed by atoms with Crippen molar-refractivity contribution in [3.05, 3.63) is 29.3 Å². The lowest BCUT2D eigenvalue weighted by molar-refractivity contribution is 1.06. The topological polar surface area (TPSA) is 67.3 Å². The molecule has 0 heterocycles. The molecule has 100 valence electrons. The van der Waals surface area contributed by atoms with Gasteiger partial charge in [-0.25, -0.2) is 0 Å². The van der Waals surface area contributed by atoms with Crippen LogP contribution in [0.5, 0.6) is 0 Å². The molecule has 0 aliphatic carbocycles. The smallest absolute Gasteiger partial charge is 0.0426 e. The lowest BCUT2D eigenvalue weighted by Gasteiger charge is -2.18. The van der Waals surface area contributed by atoms with E-state index in [9.17, 15) is 0 Å². The number of rotatable bonds is 5. The molecule has 1 aromatic carbocycles. The van der Waals surface area contributed by atoms with E-state index in [1.165, 1.54) is 0 Å². The summed E-state index contributed by atoms with van der Waals surface area (Å²) in [5, 5.41) is 3.95. The van der Waals surface area contributed by atoms with E-state index in [-0.39, 0.29) is 0 Å². The first-order valence-electron chi connectivity index (χ1n) is 5.77. The molecule has 18 heavy (non-hydrogen) atoms. The van der Waals surface area contributed by atoms with Crippen molar-refractivity contribution < 1.29 is 0 Å². The zero-order valence-electron chi connectivity index (χ0n) is 11.1. The third-order valence-electron chi connectivity index (χ3n) is 2.76. The van der Waals surface area contributed by atoms with Crippen LogP contribution in [-0.4, -0.2) is 33.0 Å². The normalized spacial score (nSPS) is 12.1. The van der Waals surface area contributed by atoms with Crippen molar-refractivity contribution >= 4 is 33.0 Å². The number of hydrogen-bond acceptors (Lipinski definition) is 4. The van der Waals surface area contributed by atoms with Gasteiger partial charge in [-0.15, -0.1) is 0 Å². The van der Waals surface area contributed by atoms with Crippen molar-refractivity contribution in [1.29, 1.82) is 0 Å². The minimum atomic E-state index is 0.507. The molecule has 0 bridgehead atoms. The molecule has 0 spiro atoms. The molecule has 0 unspecified atom stereocenters. The van der Waals surface area contributed by atoms with Gasteiger partial charge in [-0.3, -0.25) is 0 Å². The molecule has 1 rings (SSSR count). The van der Waals surface area contributed by atoms with E-state index < -0.39 is 0 Å². The Balaban J connectivity index is 3.34. The van der Waals surface area contributed by atoms with E-state index >= 15 is 0 Å². The van der Waals surface area contributed by atoms with Crippen LogP contribution in [-0.2, 0) is 0 Å². The first kappa shape index (κ1) is 14.9. The maximum atomic E-state index is 5.95. The molecule has 0 saturated carbocycles. The van der Waals surface area contributed by atoms with Crippen molar-refractivity contribution in [2.24, 2.45) is 5.73 Å². The Kier molecular flexibility index (Phi) is 5.50. The van der Waals surface area contributed by atoms with Crippen LogP contribution in [0.3, 0.4) is 0 Å². The summed E-state index contributed by atoms with van der Waals surface area (Å²) in [6, 6.07) is 6.00. The number of alkyl halides is 1. The Morgan fingerprint density at radius 3 is 2.44 bits per heavy atom. The summed E-state index contributed by atoms with van der Waals surface area (Å²) in [5.41, 5.74) is 16.7. The van der Waals surface area contributed by atoms with Crippen LogP contribution in [0.15, 0.2) is 23.8 Å². The highest BCUT2D eigenvalue weighted by Crippen LogP contribution is 2.25. The molecule has 5 N–H and O–H groups in total. The van der Waals surface area contributed by atoms with Gasteiger partial charge in [-0.1, -0.05) is 15.9 Å². The van der Waals surface area contributed by atoms with Crippen molar-refractivity contribution in [1.82, 2.24) is 5.32 Å². The van der Waals surface area contributed by atoms with Crippen LogP contribution in [0.2, 0.25) is 0 Å². The fourth-order valence-electron chi connectivity index (χ4n) is 1.79. The van der Waals surface area contributed by atoms with Crippen molar-refractivity contribution in [2.75, 3.05) is 43.7 Å². The molecule has 0 aliphatic heterocycles. The van der Waals surface area contributed by atoms with Gasteiger partial charge in [0, 0.05) is 55.7 Å². The number of nitrogens with zero attached hydrogens (tertiary/aromatic N) is 1.